The molecule has 0 fully saturated rings. The molecule has 50 heavy (non-hydrogen) atoms. The normalized spacial score (nSPS) is 11.3. The first-order valence-electron chi connectivity index (χ1n) is 15.2. The third-order valence-corrected chi connectivity index (χ3v) is 10.8. The van der Waals surface area contributed by atoms with Crippen LogP contribution in [0.4, 0.5) is 0 Å². The summed E-state index contributed by atoms with van der Waals surface area (Å²) >= 11 is 7.22. The molecule has 12 nitrogen and oxygen atoms in total. The third-order valence-electron chi connectivity index (χ3n) is 7.48. The van der Waals surface area contributed by atoms with E-state index in [1.807, 2.05) is 119 Å². The zero-order valence-corrected chi connectivity index (χ0v) is 30.7. The highest BCUT2D eigenvalue weighted by Crippen LogP contribution is 2.46. The van der Waals surface area contributed by atoms with Gasteiger partial charge >= 0.3 is 0 Å². The Labute approximate surface area is 310 Å². The second-order valence-corrected chi connectivity index (χ2v) is 14.9. The quantitative estimate of drug-likeness (QED) is 0.120. The van der Waals surface area contributed by atoms with Crippen molar-refractivity contribution >= 4 is 53.4 Å². The van der Waals surface area contributed by atoms with Crippen molar-refractivity contribution in [2.45, 2.75) is 23.1 Å². The van der Waals surface area contributed by atoms with E-state index < -0.39 is 0 Å². The number of aromatic nitrogens is 12. The van der Waals surface area contributed by atoms with E-state index in [9.17, 15) is 0 Å². The lowest BCUT2D eigenvalue weighted by atomic mass is 10.2. The second kappa shape index (κ2) is 14.5. The van der Waals surface area contributed by atoms with Gasteiger partial charge in [-0.25, -0.2) is 9.36 Å². The highest BCUT2D eigenvalue weighted by atomic mass is 79.9. The van der Waals surface area contributed by atoms with E-state index in [1.54, 1.807) is 22.0 Å². The van der Waals surface area contributed by atoms with Crippen molar-refractivity contribution < 1.29 is 0 Å². The fourth-order valence-corrected chi connectivity index (χ4v) is 8.42. The molecule has 0 aliphatic heterocycles. The summed E-state index contributed by atoms with van der Waals surface area (Å²) in [6.45, 7) is 0.996. The maximum Gasteiger partial charge on any atom is 0.209 e. The lowest BCUT2D eigenvalue weighted by Gasteiger charge is -2.11. The summed E-state index contributed by atoms with van der Waals surface area (Å²) in [5.74, 6) is 0.938. The van der Waals surface area contributed by atoms with Gasteiger partial charge in [0.25, 0.3) is 0 Å². The molecule has 0 amide bonds. The smallest absolute Gasteiger partial charge is 0.209 e. The Bertz CT molecular complexity index is 2220. The van der Waals surface area contributed by atoms with E-state index in [4.69, 9.17) is 20.4 Å². The number of hydrogen-bond acceptors (Lipinski definition) is 10. The van der Waals surface area contributed by atoms with Gasteiger partial charge in [0.1, 0.15) is 10.1 Å². The molecule has 0 saturated heterocycles. The van der Waals surface area contributed by atoms with Crippen LogP contribution in [-0.2, 0) is 13.1 Å². The van der Waals surface area contributed by atoms with Crippen molar-refractivity contribution in [2.75, 3.05) is 0 Å². The number of benzene rings is 4. The van der Waals surface area contributed by atoms with Gasteiger partial charge in [0.05, 0.1) is 48.0 Å². The van der Waals surface area contributed by atoms with Gasteiger partial charge in [-0.1, -0.05) is 105 Å². The molecule has 4 heterocycles. The van der Waals surface area contributed by atoms with Gasteiger partial charge in [-0.15, -0.1) is 20.4 Å². The Morgan fingerprint density at radius 1 is 0.520 bits per heavy atom. The van der Waals surface area contributed by atoms with Gasteiger partial charge in [-0.2, -0.15) is 19.8 Å². The van der Waals surface area contributed by atoms with Crippen LogP contribution >= 0.6 is 53.4 Å². The fourth-order valence-electron chi connectivity index (χ4n) is 5.13. The van der Waals surface area contributed by atoms with Crippen LogP contribution in [0.25, 0.3) is 34.2 Å². The molecular weight excluding hydrogens is 800 g/mol. The number of nitrogens with zero attached hydrogens (tertiary/aromatic N) is 12. The minimum Gasteiger partial charge on any atom is -0.226 e. The minimum atomic E-state index is 0.469. The van der Waals surface area contributed by atoms with Crippen molar-refractivity contribution in [3.05, 3.63) is 142 Å². The maximum absolute atomic E-state index is 4.79. The Morgan fingerprint density at radius 2 is 0.960 bits per heavy atom. The summed E-state index contributed by atoms with van der Waals surface area (Å²) in [5, 5.41) is 38.2. The van der Waals surface area contributed by atoms with Crippen LogP contribution in [0.3, 0.4) is 0 Å². The molecule has 0 radical (unpaired) electrons. The van der Waals surface area contributed by atoms with Crippen LogP contribution in [0, 0.1) is 0 Å². The van der Waals surface area contributed by atoms with Gasteiger partial charge < -0.3 is 0 Å². The van der Waals surface area contributed by atoms with Crippen molar-refractivity contribution in [3.63, 3.8) is 0 Å². The Hall–Kier alpha value is -4.90. The molecule has 0 atom stereocenters. The topological polar surface area (TPSA) is 123 Å². The summed E-state index contributed by atoms with van der Waals surface area (Å²) < 4.78 is 5.62. The first-order valence-corrected chi connectivity index (χ1v) is 19.0. The van der Waals surface area contributed by atoms with Crippen molar-refractivity contribution in [3.8, 4) is 34.2 Å². The van der Waals surface area contributed by atoms with E-state index in [-0.39, 0.29) is 0 Å². The van der Waals surface area contributed by atoms with Gasteiger partial charge in [0.15, 0.2) is 0 Å². The largest absolute Gasteiger partial charge is 0.226 e. The number of tetrazole rings is 2. The van der Waals surface area contributed by atoms with E-state index >= 15 is 0 Å². The molecule has 8 rings (SSSR count). The van der Waals surface area contributed by atoms with Gasteiger partial charge in [-0.05, 0) is 79.5 Å². The van der Waals surface area contributed by atoms with Gasteiger partial charge in [0, 0.05) is 8.95 Å². The first kappa shape index (κ1) is 32.3. The molecule has 0 aliphatic rings. The van der Waals surface area contributed by atoms with Crippen molar-refractivity contribution in [2.24, 2.45) is 0 Å². The summed E-state index contributed by atoms with van der Waals surface area (Å²) in [5.41, 5.74) is 5.38. The summed E-state index contributed by atoms with van der Waals surface area (Å²) in [4.78, 5) is 3.18. The highest BCUT2D eigenvalue weighted by molar-refractivity contribution is 9.10. The first-order chi connectivity index (χ1) is 24.6. The van der Waals surface area contributed by atoms with Crippen LogP contribution < -0.4 is 0 Å². The predicted molar refractivity (Wildman–Crippen MR) is 199 cm³/mol. The van der Waals surface area contributed by atoms with Gasteiger partial charge in [-0.3, -0.25) is 0 Å². The average Bonchev–Trinajstić information content (AvgIpc) is 3.95. The molecule has 4 aromatic carbocycles. The Balaban J connectivity index is 1.17. The molecule has 0 saturated carbocycles. The van der Waals surface area contributed by atoms with Crippen LogP contribution in [0.15, 0.2) is 141 Å². The molecule has 0 spiro atoms. The highest BCUT2D eigenvalue weighted by Gasteiger charge is 2.24. The second-order valence-electron chi connectivity index (χ2n) is 10.9. The SMILES string of the molecule is Brc1cccc(-n2ncc(-c3nnn(Cc4ccccc4)n3)c2SSc2c(-c3nnn(Cc4ccccc4)n3)cnn2-c2cccc(Br)c2)c1. The standard InChI is InChI=1S/C34H24Br2N12S2/c35-25-13-7-15-27(17-25)47-33(29(19-37-47)31-39-43-45(41-31)21-23-9-3-1-4-10-23)49-50-34-30(20-38-48(34)28-16-8-14-26(36)18-28)32-40-44-46(42-32)22-24-11-5-2-6-12-24/h1-20H,21-22H2. The predicted octanol–water partition coefficient (Wildman–Crippen LogP) is 7.79. The zero-order chi connectivity index (χ0) is 33.9. The molecule has 4 aromatic heterocycles. The summed E-state index contributed by atoms with van der Waals surface area (Å²) in [6.07, 6.45) is 3.55. The van der Waals surface area contributed by atoms with E-state index in [0.29, 0.717) is 24.7 Å². The lowest BCUT2D eigenvalue weighted by molar-refractivity contribution is 0.573. The van der Waals surface area contributed by atoms with Crippen LogP contribution in [-0.4, -0.2) is 60.0 Å². The molecule has 16 heteroatoms. The summed E-state index contributed by atoms with van der Waals surface area (Å²) in [7, 11) is 3.02. The molecule has 8 aromatic rings. The molecule has 0 N–H and O–H groups in total. The average molecular weight is 825 g/mol. The van der Waals surface area contributed by atoms with E-state index in [1.165, 1.54) is 21.6 Å². The maximum atomic E-state index is 4.79. The number of halogens is 2. The molecule has 0 aliphatic carbocycles. The lowest BCUT2D eigenvalue weighted by Crippen LogP contribution is -2.03. The molecule has 246 valence electrons. The van der Waals surface area contributed by atoms with Crippen LogP contribution in [0.2, 0.25) is 0 Å². The zero-order valence-electron chi connectivity index (χ0n) is 25.9. The van der Waals surface area contributed by atoms with Crippen LogP contribution in [0.5, 0.6) is 0 Å². The van der Waals surface area contributed by atoms with Crippen LogP contribution in [0.1, 0.15) is 11.1 Å². The van der Waals surface area contributed by atoms with Crippen molar-refractivity contribution in [1.29, 1.82) is 0 Å². The monoisotopic (exact) mass is 822 g/mol. The third kappa shape index (κ3) is 7.05. The van der Waals surface area contributed by atoms with E-state index in [0.717, 1.165) is 52.6 Å². The fraction of sp³-hybridized carbons (Fsp3) is 0.0588. The molecule has 0 bridgehead atoms. The molecular formula is C34H24Br2N12S2. The minimum absolute atomic E-state index is 0.469. The number of hydrogen-bond donors (Lipinski definition) is 0. The number of rotatable bonds is 11. The van der Waals surface area contributed by atoms with E-state index in [2.05, 4.69) is 52.5 Å². The van der Waals surface area contributed by atoms with Crippen molar-refractivity contribution in [1.82, 2.24) is 60.0 Å². The Morgan fingerprint density at radius 3 is 1.38 bits per heavy atom. The molecule has 0 unspecified atom stereocenters. The van der Waals surface area contributed by atoms with Gasteiger partial charge in [0.2, 0.25) is 11.6 Å². The Kier molecular flexibility index (Phi) is 9.39. The summed E-state index contributed by atoms with van der Waals surface area (Å²) in [6, 6.07) is 36.0.